The lowest BCUT2D eigenvalue weighted by atomic mass is 10.1. The molecule has 1 N–H and O–H groups in total. The maximum atomic E-state index is 12.8. The van der Waals surface area contributed by atoms with Gasteiger partial charge in [0.2, 0.25) is 0 Å². The molecule has 1 aromatic rings. The Morgan fingerprint density at radius 3 is 2.39 bits per heavy atom. The third-order valence-corrected chi connectivity index (χ3v) is 4.76. The van der Waals surface area contributed by atoms with E-state index in [0.717, 1.165) is 25.9 Å². The van der Waals surface area contributed by atoms with Crippen LogP contribution in [-0.2, 0) is 5.54 Å². The number of amides is 1. The molecule has 0 aromatic carbocycles. The molecule has 23 heavy (non-hydrogen) atoms. The molecule has 2 heterocycles. The molecule has 130 valence electrons. The van der Waals surface area contributed by atoms with Crippen LogP contribution < -0.4 is 5.32 Å². The molecule has 2 aliphatic rings. The van der Waals surface area contributed by atoms with E-state index >= 15 is 0 Å². The molecule has 1 saturated heterocycles. The average molecular weight is 341 g/mol. The highest BCUT2D eigenvalue weighted by Gasteiger charge is 2.33. The Balaban J connectivity index is 0.00000192. The molecule has 0 spiro atoms. The van der Waals surface area contributed by atoms with Crippen LogP contribution in [0.3, 0.4) is 0 Å². The van der Waals surface area contributed by atoms with Crippen molar-refractivity contribution in [2.45, 2.75) is 64.0 Å². The number of nitrogens with one attached hydrogen (secondary N) is 1. The zero-order valence-electron chi connectivity index (χ0n) is 14.6. The smallest absolute Gasteiger partial charge is 0.274 e. The van der Waals surface area contributed by atoms with Gasteiger partial charge in [-0.05, 0) is 65.6 Å². The minimum Gasteiger partial charge on any atom is -0.337 e. The number of hydrogen-bond acceptors (Lipinski definition) is 3. The number of nitrogens with zero attached hydrogens (tertiary/aromatic N) is 3. The van der Waals surface area contributed by atoms with Crippen molar-refractivity contribution in [1.29, 1.82) is 0 Å². The summed E-state index contributed by atoms with van der Waals surface area (Å²) in [5.41, 5.74) is 1.76. The highest BCUT2D eigenvalue weighted by Crippen LogP contribution is 2.41. The SMILES string of the molecule is CN(C(=O)c1cc(C2CC2)n(C(C)(C)C)n1)C1CCNCC1.Cl. The van der Waals surface area contributed by atoms with Crippen molar-refractivity contribution in [3.8, 4) is 0 Å². The minimum atomic E-state index is -0.0796. The minimum absolute atomic E-state index is 0. The van der Waals surface area contributed by atoms with Crippen LogP contribution in [0.5, 0.6) is 0 Å². The van der Waals surface area contributed by atoms with Gasteiger partial charge in [0.1, 0.15) is 0 Å². The fourth-order valence-electron chi connectivity index (χ4n) is 3.25. The third-order valence-electron chi connectivity index (χ3n) is 4.76. The molecule has 1 aliphatic carbocycles. The molecule has 5 nitrogen and oxygen atoms in total. The Morgan fingerprint density at radius 2 is 1.87 bits per heavy atom. The van der Waals surface area contributed by atoms with Crippen molar-refractivity contribution in [2.24, 2.45) is 0 Å². The summed E-state index contributed by atoms with van der Waals surface area (Å²) in [6.07, 6.45) is 4.49. The van der Waals surface area contributed by atoms with Crippen molar-refractivity contribution in [1.82, 2.24) is 20.0 Å². The molecule has 6 heteroatoms. The first-order valence-corrected chi connectivity index (χ1v) is 8.46. The quantitative estimate of drug-likeness (QED) is 0.920. The molecule has 0 radical (unpaired) electrons. The number of aromatic nitrogens is 2. The maximum Gasteiger partial charge on any atom is 0.274 e. The lowest BCUT2D eigenvalue weighted by Gasteiger charge is -2.31. The van der Waals surface area contributed by atoms with Gasteiger partial charge in [0.25, 0.3) is 5.91 Å². The molecule has 1 amide bonds. The first-order valence-electron chi connectivity index (χ1n) is 8.46. The maximum absolute atomic E-state index is 12.8. The monoisotopic (exact) mass is 340 g/mol. The molecular formula is C17H29ClN4O. The van der Waals surface area contributed by atoms with Gasteiger partial charge >= 0.3 is 0 Å². The van der Waals surface area contributed by atoms with Gasteiger partial charge in [-0.25, -0.2) is 0 Å². The van der Waals surface area contributed by atoms with Crippen LogP contribution in [0.1, 0.15) is 68.6 Å². The van der Waals surface area contributed by atoms with Crippen molar-refractivity contribution in [2.75, 3.05) is 20.1 Å². The van der Waals surface area contributed by atoms with Gasteiger partial charge in [0, 0.05) is 24.7 Å². The molecule has 0 bridgehead atoms. The van der Waals surface area contributed by atoms with Gasteiger partial charge in [-0.15, -0.1) is 12.4 Å². The van der Waals surface area contributed by atoms with Crippen LogP contribution in [0.25, 0.3) is 0 Å². The molecule has 1 saturated carbocycles. The van der Waals surface area contributed by atoms with Gasteiger partial charge in [0.15, 0.2) is 5.69 Å². The van der Waals surface area contributed by atoms with E-state index in [1.165, 1.54) is 18.5 Å². The van der Waals surface area contributed by atoms with Crippen LogP contribution in [0.4, 0.5) is 0 Å². The van der Waals surface area contributed by atoms with E-state index in [4.69, 9.17) is 0 Å². The number of halogens is 1. The number of rotatable bonds is 3. The van der Waals surface area contributed by atoms with E-state index < -0.39 is 0 Å². The summed E-state index contributed by atoms with van der Waals surface area (Å²) in [5.74, 6) is 0.661. The highest BCUT2D eigenvalue weighted by atomic mass is 35.5. The summed E-state index contributed by atoms with van der Waals surface area (Å²) in [4.78, 5) is 14.7. The summed E-state index contributed by atoms with van der Waals surface area (Å²) in [5, 5.41) is 8.02. The molecule has 0 atom stereocenters. The zero-order valence-corrected chi connectivity index (χ0v) is 15.4. The van der Waals surface area contributed by atoms with Crippen molar-refractivity contribution < 1.29 is 4.79 Å². The predicted molar refractivity (Wildman–Crippen MR) is 94.4 cm³/mol. The van der Waals surface area contributed by atoms with E-state index in [-0.39, 0.29) is 23.9 Å². The van der Waals surface area contributed by atoms with Crippen LogP contribution in [0.15, 0.2) is 6.07 Å². The van der Waals surface area contributed by atoms with Crippen molar-refractivity contribution >= 4 is 18.3 Å². The average Bonchev–Trinajstić information content (AvgIpc) is 3.23. The summed E-state index contributed by atoms with van der Waals surface area (Å²) in [6.45, 7) is 8.43. The summed E-state index contributed by atoms with van der Waals surface area (Å²) in [6, 6.07) is 2.36. The first-order chi connectivity index (χ1) is 10.4. The van der Waals surface area contributed by atoms with Gasteiger partial charge in [-0.3, -0.25) is 9.48 Å². The van der Waals surface area contributed by atoms with E-state index in [1.807, 2.05) is 18.0 Å². The van der Waals surface area contributed by atoms with E-state index in [9.17, 15) is 4.79 Å². The summed E-state index contributed by atoms with van der Waals surface area (Å²) < 4.78 is 2.06. The second-order valence-corrected chi connectivity index (χ2v) is 7.71. The third kappa shape index (κ3) is 3.89. The second kappa shape index (κ2) is 6.81. The van der Waals surface area contributed by atoms with E-state index in [2.05, 4.69) is 35.9 Å². The highest BCUT2D eigenvalue weighted by molar-refractivity contribution is 5.92. The first kappa shape index (κ1) is 18.3. The van der Waals surface area contributed by atoms with Crippen LogP contribution in [0.2, 0.25) is 0 Å². The second-order valence-electron chi connectivity index (χ2n) is 7.71. The molecular weight excluding hydrogens is 312 g/mol. The van der Waals surface area contributed by atoms with Gasteiger partial charge in [0.05, 0.1) is 5.54 Å². The van der Waals surface area contributed by atoms with E-state index in [1.54, 1.807) is 0 Å². The van der Waals surface area contributed by atoms with Crippen LogP contribution >= 0.6 is 12.4 Å². The Labute approximate surface area is 145 Å². The van der Waals surface area contributed by atoms with Gasteiger partial charge in [-0.2, -0.15) is 5.10 Å². The molecule has 0 unspecified atom stereocenters. The Morgan fingerprint density at radius 1 is 1.26 bits per heavy atom. The fourth-order valence-corrected chi connectivity index (χ4v) is 3.25. The number of hydrogen-bond donors (Lipinski definition) is 1. The number of piperidine rings is 1. The Bertz CT molecular complexity index is 553. The number of carbonyl (C=O) groups excluding carboxylic acids is 1. The van der Waals surface area contributed by atoms with Gasteiger partial charge < -0.3 is 10.2 Å². The number of carbonyl (C=O) groups is 1. The largest absolute Gasteiger partial charge is 0.337 e. The standard InChI is InChI=1S/C17H28N4O.ClH/c1-17(2,3)21-15(12-5-6-12)11-14(19-21)16(22)20(4)13-7-9-18-10-8-13;/h11-13,18H,5-10H2,1-4H3;1H. The summed E-state index contributed by atoms with van der Waals surface area (Å²) >= 11 is 0. The topological polar surface area (TPSA) is 50.2 Å². The Kier molecular flexibility index (Phi) is 5.41. The summed E-state index contributed by atoms with van der Waals surface area (Å²) in [7, 11) is 1.92. The molecule has 2 fully saturated rings. The Hall–Kier alpha value is -1.07. The van der Waals surface area contributed by atoms with Crippen molar-refractivity contribution in [3.05, 3.63) is 17.5 Å². The molecule has 3 rings (SSSR count). The zero-order chi connectivity index (χ0) is 15.9. The molecule has 1 aromatic heterocycles. The van der Waals surface area contributed by atoms with Crippen molar-refractivity contribution in [3.63, 3.8) is 0 Å². The lowest BCUT2D eigenvalue weighted by Crippen LogP contribution is -2.44. The predicted octanol–water partition coefficient (Wildman–Crippen LogP) is 2.76. The van der Waals surface area contributed by atoms with E-state index in [0.29, 0.717) is 17.7 Å². The lowest BCUT2D eigenvalue weighted by molar-refractivity contribution is 0.0695. The van der Waals surface area contributed by atoms with Crippen LogP contribution in [0, 0.1) is 0 Å². The van der Waals surface area contributed by atoms with Crippen LogP contribution in [-0.4, -0.2) is 46.8 Å². The fraction of sp³-hybridized carbons (Fsp3) is 0.765. The molecule has 1 aliphatic heterocycles. The van der Waals surface area contributed by atoms with Gasteiger partial charge in [-0.1, -0.05) is 0 Å². The normalized spacial score (nSPS) is 19.3.